The predicted molar refractivity (Wildman–Crippen MR) is 60.0 cm³/mol. The van der Waals surface area contributed by atoms with Crippen LogP contribution in [-0.4, -0.2) is 46.8 Å². The van der Waals surface area contributed by atoms with Gasteiger partial charge in [0, 0.05) is 18.9 Å². The summed E-state index contributed by atoms with van der Waals surface area (Å²) in [5, 5.41) is 0. The van der Waals surface area contributed by atoms with Crippen molar-refractivity contribution in [1.29, 1.82) is 0 Å². The van der Waals surface area contributed by atoms with Gasteiger partial charge in [-0.2, -0.15) is 0 Å². The molecule has 1 unspecified atom stereocenters. The number of carbonyl (C=O) groups excluding carboxylic acids is 1. The first-order valence-corrected chi connectivity index (χ1v) is 5.51. The largest absolute Gasteiger partial charge is 0.330 e. The van der Waals surface area contributed by atoms with Crippen LogP contribution in [0.5, 0.6) is 0 Å². The Kier molecular flexibility index (Phi) is 3.58. The van der Waals surface area contributed by atoms with E-state index in [1.807, 2.05) is 0 Å². The second-order valence-electron chi connectivity index (χ2n) is 4.14. The molecule has 1 aromatic heterocycles. The van der Waals surface area contributed by atoms with Gasteiger partial charge in [0.15, 0.2) is 5.78 Å². The topological polar surface area (TPSA) is 72.1 Å². The van der Waals surface area contributed by atoms with Crippen LogP contribution in [0.25, 0.3) is 0 Å². The first kappa shape index (κ1) is 11.2. The number of nitrogens with two attached hydrogens (primary N) is 1. The van der Waals surface area contributed by atoms with Crippen molar-refractivity contribution in [2.45, 2.75) is 6.42 Å². The lowest BCUT2D eigenvalue weighted by Crippen LogP contribution is -2.29. The van der Waals surface area contributed by atoms with E-state index in [0.29, 0.717) is 24.7 Å². The SMILES string of the molecule is NCC1CCN(CC(=O)c2cnccn2)C1. The lowest BCUT2D eigenvalue weighted by atomic mass is 10.1. The van der Waals surface area contributed by atoms with Crippen LogP contribution in [0, 0.1) is 5.92 Å². The van der Waals surface area contributed by atoms with E-state index in [4.69, 9.17) is 5.73 Å². The molecule has 2 rings (SSSR count). The molecule has 0 aromatic carbocycles. The van der Waals surface area contributed by atoms with E-state index in [1.165, 1.54) is 6.20 Å². The van der Waals surface area contributed by atoms with Gasteiger partial charge in [0.2, 0.25) is 0 Å². The number of ketones is 1. The fraction of sp³-hybridized carbons (Fsp3) is 0.545. The summed E-state index contributed by atoms with van der Waals surface area (Å²) < 4.78 is 0. The molecule has 0 aliphatic carbocycles. The molecule has 0 radical (unpaired) electrons. The van der Waals surface area contributed by atoms with E-state index in [-0.39, 0.29) is 5.78 Å². The Balaban J connectivity index is 1.89. The Hall–Kier alpha value is -1.33. The van der Waals surface area contributed by atoms with Crippen molar-refractivity contribution in [3.8, 4) is 0 Å². The molecule has 1 aliphatic rings. The van der Waals surface area contributed by atoms with Crippen molar-refractivity contribution in [2.24, 2.45) is 11.7 Å². The number of hydrogen-bond acceptors (Lipinski definition) is 5. The van der Waals surface area contributed by atoms with Crippen LogP contribution in [0.3, 0.4) is 0 Å². The van der Waals surface area contributed by atoms with Crippen molar-refractivity contribution in [3.63, 3.8) is 0 Å². The number of Topliss-reactive ketones (excluding diaryl/α,β-unsaturated/α-hetero) is 1. The number of aromatic nitrogens is 2. The molecule has 0 spiro atoms. The smallest absolute Gasteiger partial charge is 0.196 e. The molecule has 5 nitrogen and oxygen atoms in total. The molecular formula is C11H16N4O. The molecular weight excluding hydrogens is 204 g/mol. The average Bonchev–Trinajstić information content (AvgIpc) is 2.78. The summed E-state index contributed by atoms with van der Waals surface area (Å²) in [4.78, 5) is 21.8. The average molecular weight is 220 g/mol. The first-order valence-electron chi connectivity index (χ1n) is 5.51. The maximum atomic E-state index is 11.8. The zero-order chi connectivity index (χ0) is 11.4. The Morgan fingerprint density at radius 2 is 2.44 bits per heavy atom. The summed E-state index contributed by atoms with van der Waals surface area (Å²) >= 11 is 0. The van der Waals surface area contributed by atoms with Crippen LogP contribution < -0.4 is 5.73 Å². The summed E-state index contributed by atoms with van der Waals surface area (Å²) in [6.45, 7) is 3.00. The highest BCUT2D eigenvalue weighted by atomic mass is 16.1. The van der Waals surface area contributed by atoms with Gasteiger partial charge in [-0.3, -0.25) is 14.7 Å². The molecule has 5 heteroatoms. The minimum Gasteiger partial charge on any atom is -0.330 e. The second-order valence-corrected chi connectivity index (χ2v) is 4.14. The molecule has 0 bridgehead atoms. The molecule has 1 aliphatic heterocycles. The number of carbonyl (C=O) groups is 1. The number of rotatable bonds is 4. The first-order chi connectivity index (χ1) is 7.79. The van der Waals surface area contributed by atoms with E-state index in [2.05, 4.69) is 14.9 Å². The van der Waals surface area contributed by atoms with Gasteiger partial charge in [0.1, 0.15) is 5.69 Å². The molecule has 0 saturated carbocycles. The summed E-state index contributed by atoms with van der Waals surface area (Å²) in [7, 11) is 0. The minimum atomic E-state index is 0.0331. The maximum absolute atomic E-state index is 11.8. The number of hydrogen-bond donors (Lipinski definition) is 1. The van der Waals surface area contributed by atoms with E-state index in [0.717, 1.165) is 19.5 Å². The summed E-state index contributed by atoms with van der Waals surface area (Å²) in [6.07, 6.45) is 5.71. The van der Waals surface area contributed by atoms with Gasteiger partial charge in [-0.15, -0.1) is 0 Å². The van der Waals surface area contributed by atoms with Crippen molar-refractivity contribution >= 4 is 5.78 Å². The molecule has 16 heavy (non-hydrogen) atoms. The van der Waals surface area contributed by atoms with Crippen LogP contribution in [0.4, 0.5) is 0 Å². The zero-order valence-electron chi connectivity index (χ0n) is 9.17. The predicted octanol–water partition coefficient (Wildman–Crippen LogP) is -0.0601. The van der Waals surface area contributed by atoms with E-state index in [1.54, 1.807) is 12.4 Å². The van der Waals surface area contributed by atoms with Gasteiger partial charge < -0.3 is 5.73 Å². The fourth-order valence-electron chi connectivity index (χ4n) is 1.98. The van der Waals surface area contributed by atoms with E-state index >= 15 is 0 Å². The lowest BCUT2D eigenvalue weighted by Gasteiger charge is -2.13. The molecule has 1 fully saturated rings. The van der Waals surface area contributed by atoms with Crippen LogP contribution in [0.15, 0.2) is 18.6 Å². The van der Waals surface area contributed by atoms with Crippen molar-refractivity contribution < 1.29 is 4.79 Å². The van der Waals surface area contributed by atoms with Crippen molar-refractivity contribution in [1.82, 2.24) is 14.9 Å². The summed E-state index contributed by atoms with van der Waals surface area (Å²) in [6, 6.07) is 0. The van der Waals surface area contributed by atoms with Crippen LogP contribution >= 0.6 is 0 Å². The summed E-state index contributed by atoms with van der Waals surface area (Å²) in [5.41, 5.74) is 6.05. The third-order valence-electron chi connectivity index (χ3n) is 2.92. The van der Waals surface area contributed by atoms with Gasteiger partial charge in [-0.1, -0.05) is 0 Å². The molecule has 1 atom stereocenters. The van der Waals surface area contributed by atoms with Crippen LogP contribution in [0.1, 0.15) is 16.9 Å². The Bertz CT molecular complexity index is 354. The van der Waals surface area contributed by atoms with Crippen molar-refractivity contribution in [2.75, 3.05) is 26.2 Å². The highest BCUT2D eigenvalue weighted by Gasteiger charge is 2.23. The van der Waals surface area contributed by atoms with Crippen molar-refractivity contribution in [3.05, 3.63) is 24.3 Å². The van der Waals surface area contributed by atoms with Crippen LogP contribution in [0.2, 0.25) is 0 Å². The van der Waals surface area contributed by atoms with E-state index in [9.17, 15) is 4.79 Å². The Morgan fingerprint density at radius 3 is 3.06 bits per heavy atom. The molecule has 0 amide bonds. The third-order valence-corrected chi connectivity index (χ3v) is 2.92. The highest BCUT2D eigenvalue weighted by molar-refractivity contribution is 5.95. The third kappa shape index (κ3) is 2.62. The van der Waals surface area contributed by atoms with Gasteiger partial charge >= 0.3 is 0 Å². The standard InChI is InChI=1S/C11H16N4O/c12-5-9-1-4-15(7-9)8-11(16)10-6-13-2-3-14-10/h2-3,6,9H,1,4-5,7-8,12H2. The molecule has 1 saturated heterocycles. The number of nitrogens with zero attached hydrogens (tertiary/aromatic N) is 3. The highest BCUT2D eigenvalue weighted by Crippen LogP contribution is 2.14. The van der Waals surface area contributed by atoms with Gasteiger partial charge in [-0.05, 0) is 25.4 Å². The van der Waals surface area contributed by atoms with E-state index < -0.39 is 0 Å². The maximum Gasteiger partial charge on any atom is 0.196 e. The molecule has 2 N–H and O–H groups in total. The monoisotopic (exact) mass is 220 g/mol. The molecule has 2 heterocycles. The Labute approximate surface area is 94.7 Å². The lowest BCUT2D eigenvalue weighted by molar-refractivity contribution is 0.0938. The number of likely N-dealkylation sites (tertiary alicyclic amines) is 1. The Morgan fingerprint density at radius 1 is 1.56 bits per heavy atom. The van der Waals surface area contributed by atoms with Crippen LogP contribution in [-0.2, 0) is 0 Å². The van der Waals surface area contributed by atoms with Gasteiger partial charge in [-0.25, -0.2) is 4.98 Å². The zero-order valence-corrected chi connectivity index (χ0v) is 9.17. The van der Waals surface area contributed by atoms with Gasteiger partial charge in [0.05, 0.1) is 12.7 Å². The fourth-order valence-corrected chi connectivity index (χ4v) is 1.98. The normalized spacial score (nSPS) is 21.2. The summed E-state index contributed by atoms with van der Waals surface area (Å²) in [5.74, 6) is 0.570. The quantitative estimate of drug-likeness (QED) is 0.720. The minimum absolute atomic E-state index is 0.0331. The second kappa shape index (κ2) is 5.14. The molecule has 1 aromatic rings. The molecule has 86 valence electrons. The van der Waals surface area contributed by atoms with Gasteiger partial charge in [0.25, 0.3) is 0 Å².